The first-order chi connectivity index (χ1) is 12.1. The minimum absolute atomic E-state index is 0.0244. The molecule has 3 rings (SSSR count). The normalized spacial score (nSPS) is 16.2. The SMILES string of the molecule is CC(CCc1ccccc1)CC(=O)NCC1(c2ccc(F)cc2)CC1. The van der Waals surface area contributed by atoms with E-state index in [-0.39, 0.29) is 17.1 Å². The fourth-order valence-electron chi connectivity index (χ4n) is 3.34. The molecule has 25 heavy (non-hydrogen) atoms. The molecule has 0 spiro atoms. The van der Waals surface area contributed by atoms with Gasteiger partial charge in [0.2, 0.25) is 5.91 Å². The maximum absolute atomic E-state index is 13.1. The summed E-state index contributed by atoms with van der Waals surface area (Å²) in [5.74, 6) is 0.269. The van der Waals surface area contributed by atoms with Crippen LogP contribution in [0.5, 0.6) is 0 Å². The molecule has 0 aliphatic heterocycles. The number of benzene rings is 2. The highest BCUT2D eigenvalue weighted by Gasteiger charge is 2.44. The molecule has 0 radical (unpaired) electrons. The smallest absolute Gasteiger partial charge is 0.220 e. The molecule has 1 saturated carbocycles. The van der Waals surface area contributed by atoms with Crippen LogP contribution in [0.4, 0.5) is 4.39 Å². The van der Waals surface area contributed by atoms with Gasteiger partial charge in [-0.25, -0.2) is 4.39 Å². The number of aryl methyl sites for hydroxylation is 1. The van der Waals surface area contributed by atoms with Crippen molar-refractivity contribution in [2.24, 2.45) is 5.92 Å². The Bertz CT molecular complexity index is 692. The van der Waals surface area contributed by atoms with Crippen LogP contribution in [0.1, 0.15) is 43.7 Å². The Kier molecular flexibility index (Phi) is 5.52. The standard InChI is InChI=1S/C22H26FNO/c1-17(7-8-18-5-3-2-4-6-18)15-21(25)24-16-22(13-14-22)19-9-11-20(23)12-10-19/h2-6,9-12,17H,7-8,13-16H2,1H3,(H,24,25). The molecule has 1 aliphatic carbocycles. The number of carbonyl (C=O) groups excluding carboxylic acids is 1. The average molecular weight is 339 g/mol. The summed E-state index contributed by atoms with van der Waals surface area (Å²) >= 11 is 0. The second-order valence-corrected chi connectivity index (χ2v) is 7.40. The van der Waals surface area contributed by atoms with Crippen LogP contribution in [0, 0.1) is 11.7 Å². The Hall–Kier alpha value is -2.16. The molecule has 1 unspecified atom stereocenters. The quantitative estimate of drug-likeness (QED) is 0.746. The number of rotatable bonds is 8. The minimum atomic E-state index is -0.212. The lowest BCUT2D eigenvalue weighted by Crippen LogP contribution is -2.33. The van der Waals surface area contributed by atoms with Gasteiger partial charge in [-0.3, -0.25) is 4.79 Å². The second kappa shape index (κ2) is 7.81. The summed E-state index contributed by atoms with van der Waals surface area (Å²) in [7, 11) is 0. The van der Waals surface area contributed by atoms with Crippen LogP contribution in [0.2, 0.25) is 0 Å². The third kappa shape index (κ3) is 4.91. The van der Waals surface area contributed by atoms with Crippen molar-refractivity contribution < 1.29 is 9.18 Å². The zero-order chi connectivity index (χ0) is 17.7. The lowest BCUT2D eigenvalue weighted by molar-refractivity contribution is -0.122. The second-order valence-electron chi connectivity index (χ2n) is 7.40. The van der Waals surface area contributed by atoms with Gasteiger partial charge in [0.1, 0.15) is 5.82 Å². The Morgan fingerprint density at radius 1 is 1.12 bits per heavy atom. The lowest BCUT2D eigenvalue weighted by Gasteiger charge is -2.18. The van der Waals surface area contributed by atoms with Crippen molar-refractivity contribution in [1.29, 1.82) is 0 Å². The highest BCUT2D eigenvalue weighted by atomic mass is 19.1. The van der Waals surface area contributed by atoms with Gasteiger partial charge in [-0.2, -0.15) is 0 Å². The van der Waals surface area contributed by atoms with E-state index >= 15 is 0 Å². The Labute approximate surface area is 149 Å². The van der Waals surface area contributed by atoms with Gasteiger partial charge in [-0.15, -0.1) is 0 Å². The van der Waals surface area contributed by atoms with Crippen LogP contribution < -0.4 is 5.32 Å². The summed E-state index contributed by atoms with van der Waals surface area (Å²) in [5.41, 5.74) is 2.48. The highest BCUT2D eigenvalue weighted by Crippen LogP contribution is 2.47. The first-order valence-electron chi connectivity index (χ1n) is 9.14. The van der Waals surface area contributed by atoms with E-state index in [1.807, 2.05) is 18.2 Å². The number of halogens is 1. The monoisotopic (exact) mass is 339 g/mol. The summed E-state index contributed by atoms with van der Waals surface area (Å²) in [6.07, 6.45) is 4.70. The Balaban J connectivity index is 1.42. The zero-order valence-corrected chi connectivity index (χ0v) is 14.8. The van der Waals surface area contributed by atoms with Gasteiger partial charge in [0, 0.05) is 18.4 Å². The summed E-state index contributed by atoms with van der Waals surface area (Å²) in [6.45, 7) is 2.79. The van der Waals surface area contributed by atoms with E-state index in [4.69, 9.17) is 0 Å². The van der Waals surface area contributed by atoms with Gasteiger partial charge >= 0.3 is 0 Å². The van der Waals surface area contributed by atoms with Gasteiger partial charge in [0.05, 0.1) is 0 Å². The van der Waals surface area contributed by atoms with Crippen molar-refractivity contribution in [1.82, 2.24) is 5.32 Å². The van der Waals surface area contributed by atoms with Crippen molar-refractivity contribution in [2.45, 2.75) is 44.4 Å². The van der Waals surface area contributed by atoms with E-state index in [0.717, 1.165) is 31.2 Å². The molecule has 0 heterocycles. The molecular weight excluding hydrogens is 313 g/mol. The zero-order valence-electron chi connectivity index (χ0n) is 14.8. The number of carbonyl (C=O) groups is 1. The maximum Gasteiger partial charge on any atom is 0.220 e. The van der Waals surface area contributed by atoms with E-state index in [1.165, 1.54) is 17.7 Å². The molecule has 0 aromatic heterocycles. The predicted octanol–water partition coefficient (Wildman–Crippen LogP) is 4.63. The molecule has 1 aliphatic rings. The van der Waals surface area contributed by atoms with Crippen LogP contribution in [0.25, 0.3) is 0 Å². The molecule has 0 bridgehead atoms. The van der Waals surface area contributed by atoms with Crippen molar-refractivity contribution in [3.05, 3.63) is 71.5 Å². The van der Waals surface area contributed by atoms with Crippen molar-refractivity contribution >= 4 is 5.91 Å². The van der Waals surface area contributed by atoms with Crippen LogP contribution in [-0.2, 0) is 16.6 Å². The van der Waals surface area contributed by atoms with Gasteiger partial charge < -0.3 is 5.32 Å². The van der Waals surface area contributed by atoms with Gasteiger partial charge in [-0.1, -0.05) is 49.4 Å². The fourth-order valence-corrected chi connectivity index (χ4v) is 3.34. The van der Waals surface area contributed by atoms with Crippen molar-refractivity contribution in [3.63, 3.8) is 0 Å². The lowest BCUT2D eigenvalue weighted by atomic mass is 9.95. The van der Waals surface area contributed by atoms with Crippen LogP contribution in [0.3, 0.4) is 0 Å². The van der Waals surface area contributed by atoms with E-state index < -0.39 is 0 Å². The van der Waals surface area contributed by atoms with E-state index in [0.29, 0.717) is 18.9 Å². The largest absolute Gasteiger partial charge is 0.355 e. The molecule has 2 nitrogen and oxygen atoms in total. The number of amides is 1. The minimum Gasteiger partial charge on any atom is -0.355 e. The first-order valence-corrected chi connectivity index (χ1v) is 9.14. The topological polar surface area (TPSA) is 29.1 Å². The molecule has 1 fully saturated rings. The van der Waals surface area contributed by atoms with Crippen molar-refractivity contribution in [3.8, 4) is 0 Å². The highest BCUT2D eigenvalue weighted by molar-refractivity contribution is 5.76. The van der Waals surface area contributed by atoms with Crippen LogP contribution in [-0.4, -0.2) is 12.5 Å². The van der Waals surface area contributed by atoms with E-state index in [9.17, 15) is 9.18 Å². The van der Waals surface area contributed by atoms with E-state index in [2.05, 4.69) is 36.5 Å². The van der Waals surface area contributed by atoms with Gasteiger partial charge in [-0.05, 0) is 54.9 Å². The van der Waals surface area contributed by atoms with Gasteiger partial charge in [0.15, 0.2) is 0 Å². The first kappa shape index (κ1) is 17.7. The third-order valence-corrected chi connectivity index (χ3v) is 5.24. The van der Waals surface area contributed by atoms with Crippen LogP contribution >= 0.6 is 0 Å². The van der Waals surface area contributed by atoms with Crippen LogP contribution in [0.15, 0.2) is 54.6 Å². The summed E-state index contributed by atoms with van der Waals surface area (Å²) < 4.78 is 13.1. The summed E-state index contributed by atoms with van der Waals surface area (Å²) in [5, 5.41) is 3.09. The molecular formula is C22H26FNO. The summed E-state index contributed by atoms with van der Waals surface area (Å²) in [4.78, 5) is 12.3. The molecule has 2 aromatic rings. The van der Waals surface area contributed by atoms with E-state index in [1.54, 1.807) is 0 Å². The molecule has 0 saturated heterocycles. The molecule has 1 N–H and O–H groups in total. The maximum atomic E-state index is 13.1. The number of hydrogen-bond donors (Lipinski definition) is 1. The number of nitrogens with one attached hydrogen (secondary N) is 1. The average Bonchev–Trinajstić information content (AvgIpc) is 3.41. The molecule has 2 aromatic carbocycles. The Morgan fingerprint density at radius 3 is 2.44 bits per heavy atom. The molecule has 132 valence electrons. The predicted molar refractivity (Wildman–Crippen MR) is 98.9 cm³/mol. The van der Waals surface area contributed by atoms with Gasteiger partial charge in [0.25, 0.3) is 0 Å². The number of hydrogen-bond acceptors (Lipinski definition) is 1. The third-order valence-electron chi connectivity index (χ3n) is 5.24. The summed E-state index contributed by atoms with van der Waals surface area (Å²) in [6, 6.07) is 17.1. The molecule has 1 amide bonds. The molecule has 1 atom stereocenters. The molecule has 3 heteroatoms. The van der Waals surface area contributed by atoms with Crippen molar-refractivity contribution in [2.75, 3.05) is 6.54 Å². The Morgan fingerprint density at radius 2 is 1.80 bits per heavy atom. The fraction of sp³-hybridized carbons (Fsp3) is 0.409.